The molecule has 2 N–H and O–H groups in total. The second kappa shape index (κ2) is 8.40. The van der Waals surface area contributed by atoms with Crippen LogP contribution in [0.4, 0.5) is 10.5 Å². The summed E-state index contributed by atoms with van der Waals surface area (Å²) in [5.74, 6) is -0.294. The Kier molecular flexibility index (Phi) is 6.50. The number of ether oxygens (including phenoxy) is 2. The van der Waals surface area contributed by atoms with Gasteiger partial charge in [-0.25, -0.2) is 14.6 Å². The lowest BCUT2D eigenvalue weighted by molar-refractivity contribution is 0.0597. The third-order valence-electron chi connectivity index (χ3n) is 4.37. The van der Waals surface area contributed by atoms with Crippen LogP contribution in [0.5, 0.6) is 5.75 Å². The molecule has 1 aliphatic heterocycles. The van der Waals surface area contributed by atoms with E-state index in [-0.39, 0.29) is 28.4 Å². The number of benzene rings is 1. The number of nitrogens with zero attached hydrogens (tertiary/aromatic N) is 1. The Hall–Kier alpha value is -1.99. The van der Waals surface area contributed by atoms with E-state index < -0.39 is 12.0 Å². The molecule has 8 heteroatoms. The average Bonchev–Trinajstić information content (AvgIpc) is 2.59. The van der Waals surface area contributed by atoms with E-state index in [0.717, 1.165) is 19.3 Å². The molecule has 1 heterocycles. The van der Waals surface area contributed by atoms with Crippen LogP contribution in [0.25, 0.3) is 0 Å². The number of hydrogen-bond donors (Lipinski definition) is 2. The number of anilines is 1. The molecule has 0 saturated carbocycles. The SMILES string of the molecule is COC(=O)c1cc(Cl)c(NC(=O)NN2[C@H](C)CCC[C@@H]2C)cc1OC. The maximum Gasteiger partial charge on any atom is 0.341 e. The van der Waals surface area contributed by atoms with Gasteiger partial charge >= 0.3 is 12.0 Å². The molecule has 0 radical (unpaired) electrons. The van der Waals surface area contributed by atoms with E-state index in [2.05, 4.69) is 24.6 Å². The van der Waals surface area contributed by atoms with Crippen LogP contribution in [-0.4, -0.2) is 43.3 Å². The van der Waals surface area contributed by atoms with Gasteiger partial charge in [0.15, 0.2) is 0 Å². The van der Waals surface area contributed by atoms with Crippen molar-refractivity contribution in [2.24, 2.45) is 0 Å². The highest BCUT2D eigenvalue weighted by molar-refractivity contribution is 6.34. The Morgan fingerprint density at radius 2 is 1.84 bits per heavy atom. The molecule has 0 bridgehead atoms. The van der Waals surface area contributed by atoms with Gasteiger partial charge in [-0.2, -0.15) is 0 Å². The lowest BCUT2D eigenvalue weighted by atomic mass is 10.00. The molecule has 7 nitrogen and oxygen atoms in total. The third-order valence-corrected chi connectivity index (χ3v) is 4.68. The van der Waals surface area contributed by atoms with E-state index in [1.165, 1.54) is 26.4 Å². The zero-order valence-corrected chi connectivity index (χ0v) is 15.6. The first-order valence-electron chi connectivity index (χ1n) is 8.19. The number of esters is 1. The normalized spacial score (nSPS) is 20.7. The van der Waals surface area contributed by atoms with E-state index in [9.17, 15) is 9.59 Å². The highest BCUT2D eigenvalue weighted by Gasteiger charge is 2.26. The summed E-state index contributed by atoms with van der Waals surface area (Å²) in [6.45, 7) is 4.16. The predicted octanol–water partition coefficient (Wildman–Crippen LogP) is 3.43. The molecule has 1 saturated heterocycles. The van der Waals surface area contributed by atoms with Gasteiger partial charge in [-0.3, -0.25) is 5.43 Å². The summed E-state index contributed by atoms with van der Waals surface area (Å²) in [5, 5.41) is 4.87. The molecule has 0 aromatic heterocycles. The molecular formula is C17H24ClN3O4. The number of halogens is 1. The molecule has 0 aliphatic carbocycles. The molecular weight excluding hydrogens is 346 g/mol. The first-order valence-corrected chi connectivity index (χ1v) is 8.57. The maximum atomic E-state index is 12.3. The van der Waals surface area contributed by atoms with E-state index in [1.807, 2.05) is 5.01 Å². The van der Waals surface area contributed by atoms with Gasteiger partial charge in [0, 0.05) is 18.2 Å². The minimum Gasteiger partial charge on any atom is -0.496 e. The highest BCUT2D eigenvalue weighted by Crippen LogP contribution is 2.31. The van der Waals surface area contributed by atoms with E-state index in [4.69, 9.17) is 21.1 Å². The minimum absolute atomic E-state index is 0.194. The molecule has 1 fully saturated rings. The third kappa shape index (κ3) is 4.55. The van der Waals surface area contributed by atoms with Crippen LogP contribution < -0.4 is 15.5 Å². The molecule has 2 rings (SSSR count). The molecule has 25 heavy (non-hydrogen) atoms. The summed E-state index contributed by atoms with van der Waals surface area (Å²) in [5.41, 5.74) is 3.41. The Labute approximate surface area is 152 Å². The fraction of sp³-hybridized carbons (Fsp3) is 0.529. The molecule has 0 spiro atoms. The van der Waals surface area contributed by atoms with Gasteiger partial charge in [-0.15, -0.1) is 0 Å². The van der Waals surface area contributed by atoms with Gasteiger partial charge in [-0.05, 0) is 32.8 Å². The summed E-state index contributed by atoms with van der Waals surface area (Å²) in [4.78, 5) is 24.1. The lowest BCUT2D eigenvalue weighted by Gasteiger charge is -2.38. The summed E-state index contributed by atoms with van der Waals surface area (Å²) >= 11 is 6.18. The first kappa shape index (κ1) is 19.3. The number of carbonyl (C=O) groups is 2. The molecule has 2 atom stereocenters. The first-order chi connectivity index (χ1) is 11.9. The topological polar surface area (TPSA) is 79.9 Å². The molecule has 1 aromatic rings. The number of rotatable bonds is 4. The fourth-order valence-electron chi connectivity index (χ4n) is 3.00. The van der Waals surface area contributed by atoms with Gasteiger partial charge in [0.2, 0.25) is 0 Å². The van der Waals surface area contributed by atoms with Gasteiger partial charge in [0.1, 0.15) is 11.3 Å². The second-order valence-corrected chi connectivity index (χ2v) is 6.53. The van der Waals surface area contributed by atoms with Crippen LogP contribution in [0.2, 0.25) is 5.02 Å². The minimum atomic E-state index is -0.564. The average molecular weight is 370 g/mol. The van der Waals surface area contributed by atoms with E-state index >= 15 is 0 Å². The van der Waals surface area contributed by atoms with Crippen molar-refractivity contribution in [1.29, 1.82) is 0 Å². The monoisotopic (exact) mass is 369 g/mol. The van der Waals surface area contributed by atoms with Crippen LogP contribution in [0.1, 0.15) is 43.5 Å². The zero-order valence-electron chi connectivity index (χ0n) is 14.9. The fourth-order valence-corrected chi connectivity index (χ4v) is 3.21. The van der Waals surface area contributed by atoms with Crippen molar-refractivity contribution in [1.82, 2.24) is 10.4 Å². The standard InChI is InChI=1S/C17H24ClN3O4/c1-10-6-5-7-11(2)21(10)20-17(23)19-14-9-15(24-3)12(8-13(14)18)16(22)25-4/h8-11H,5-7H2,1-4H3,(H2,19,20,23)/t10-,11+. The Bertz CT molecular complexity index is 643. The quantitative estimate of drug-likeness (QED) is 0.795. The van der Waals surface area contributed by atoms with Crippen LogP contribution in [0.15, 0.2) is 12.1 Å². The number of urea groups is 1. The molecule has 0 unspecified atom stereocenters. The Morgan fingerprint density at radius 3 is 2.40 bits per heavy atom. The second-order valence-electron chi connectivity index (χ2n) is 6.13. The number of amides is 2. The highest BCUT2D eigenvalue weighted by atomic mass is 35.5. The largest absolute Gasteiger partial charge is 0.496 e. The molecule has 2 amide bonds. The number of methoxy groups -OCH3 is 2. The van der Waals surface area contributed by atoms with Crippen LogP contribution in [0.3, 0.4) is 0 Å². The maximum absolute atomic E-state index is 12.3. The number of piperidine rings is 1. The Morgan fingerprint density at radius 1 is 1.20 bits per heavy atom. The number of hydrogen-bond acceptors (Lipinski definition) is 5. The van der Waals surface area contributed by atoms with Gasteiger partial charge in [0.25, 0.3) is 0 Å². The van der Waals surface area contributed by atoms with Crippen LogP contribution in [-0.2, 0) is 4.74 Å². The smallest absolute Gasteiger partial charge is 0.341 e. The molecule has 1 aromatic carbocycles. The predicted molar refractivity (Wildman–Crippen MR) is 96.1 cm³/mol. The number of hydrazine groups is 1. The van der Waals surface area contributed by atoms with Crippen molar-refractivity contribution in [3.05, 3.63) is 22.7 Å². The van der Waals surface area contributed by atoms with Crippen molar-refractivity contribution in [2.45, 2.75) is 45.2 Å². The van der Waals surface area contributed by atoms with E-state index in [0.29, 0.717) is 5.69 Å². The number of nitrogens with one attached hydrogen (secondary N) is 2. The van der Waals surface area contributed by atoms with Crippen molar-refractivity contribution < 1.29 is 19.1 Å². The molecule has 138 valence electrons. The molecule has 1 aliphatic rings. The van der Waals surface area contributed by atoms with E-state index in [1.54, 1.807) is 0 Å². The van der Waals surface area contributed by atoms with Crippen LogP contribution >= 0.6 is 11.6 Å². The van der Waals surface area contributed by atoms with Crippen molar-refractivity contribution in [2.75, 3.05) is 19.5 Å². The Balaban J connectivity index is 2.13. The van der Waals surface area contributed by atoms with Crippen molar-refractivity contribution >= 4 is 29.3 Å². The summed E-state index contributed by atoms with van der Waals surface area (Å²) < 4.78 is 9.88. The van der Waals surface area contributed by atoms with Crippen LogP contribution in [0, 0.1) is 0 Å². The van der Waals surface area contributed by atoms with Gasteiger partial charge < -0.3 is 14.8 Å². The zero-order chi connectivity index (χ0) is 18.6. The summed E-state index contributed by atoms with van der Waals surface area (Å²) in [7, 11) is 2.70. The van der Waals surface area contributed by atoms with Crippen molar-refractivity contribution in [3.8, 4) is 5.75 Å². The van der Waals surface area contributed by atoms with Gasteiger partial charge in [-0.1, -0.05) is 18.0 Å². The van der Waals surface area contributed by atoms with Gasteiger partial charge in [0.05, 0.1) is 24.9 Å². The summed E-state index contributed by atoms with van der Waals surface area (Å²) in [6.07, 6.45) is 3.22. The van der Waals surface area contributed by atoms with Crippen molar-refractivity contribution in [3.63, 3.8) is 0 Å². The number of carbonyl (C=O) groups excluding carboxylic acids is 2. The summed E-state index contributed by atoms with van der Waals surface area (Å²) in [6, 6.07) is 3.04. The lowest BCUT2D eigenvalue weighted by Crippen LogP contribution is -2.55.